The number of carbonyl (C=O) groups is 1. The number of benzene rings is 1. The minimum Gasteiger partial charge on any atom is -0.311 e. The largest absolute Gasteiger partial charge is 0.311 e. The number of Topliss-reactive ketones (excluding diaryl/α,β-unsaturated/α-hetero) is 1. The summed E-state index contributed by atoms with van der Waals surface area (Å²) in [6.07, 6.45) is 3.51. The van der Waals surface area contributed by atoms with Gasteiger partial charge in [0.15, 0.2) is 11.4 Å². The predicted molar refractivity (Wildman–Crippen MR) is 90.0 cm³/mol. The van der Waals surface area contributed by atoms with Gasteiger partial charge in [-0.3, -0.25) is 14.6 Å². The van der Waals surface area contributed by atoms with E-state index < -0.39 is 0 Å². The van der Waals surface area contributed by atoms with Crippen LogP contribution in [0.5, 0.6) is 0 Å². The lowest BCUT2D eigenvalue weighted by Gasteiger charge is -2.18. The second-order valence-corrected chi connectivity index (χ2v) is 6.19. The van der Waals surface area contributed by atoms with Crippen LogP contribution >= 0.6 is 0 Å². The van der Waals surface area contributed by atoms with Gasteiger partial charge in [0.1, 0.15) is 0 Å². The highest BCUT2D eigenvalue weighted by molar-refractivity contribution is 6.04. The number of hydrogen-bond donors (Lipinski definition) is 1. The fraction of sp³-hybridized carbons (Fsp3) is 0.222. The van der Waals surface area contributed by atoms with E-state index in [1.54, 1.807) is 6.20 Å². The number of hydrogen-bond acceptors (Lipinski definition) is 5. The Labute approximate surface area is 137 Å². The normalized spacial score (nSPS) is 15.8. The van der Waals surface area contributed by atoms with Crippen molar-refractivity contribution in [1.29, 1.82) is 0 Å². The SMILES string of the molecule is O=C1CCc2c1cnc1nc(N3CCc4ccccc43)[nH]c(=O)c21. The quantitative estimate of drug-likeness (QED) is 0.743. The number of nitrogens with one attached hydrogen (secondary N) is 1. The van der Waals surface area contributed by atoms with E-state index in [2.05, 4.69) is 21.0 Å². The van der Waals surface area contributed by atoms with Crippen LogP contribution < -0.4 is 10.5 Å². The average Bonchev–Trinajstić information content (AvgIpc) is 3.18. The predicted octanol–water partition coefficient (Wildman–Crippen LogP) is 2.14. The summed E-state index contributed by atoms with van der Waals surface area (Å²) in [4.78, 5) is 38.3. The standard InChI is InChI=1S/C18H14N4O2/c23-14-6-5-11-12(14)9-19-16-15(11)17(24)21-18(20-16)22-8-7-10-3-1-2-4-13(10)22/h1-4,9H,5-8H2,(H,19,20,21,24). The first-order chi connectivity index (χ1) is 11.7. The van der Waals surface area contributed by atoms with Crippen molar-refractivity contribution in [2.24, 2.45) is 0 Å². The van der Waals surface area contributed by atoms with Crippen LogP contribution in [-0.2, 0) is 12.8 Å². The van der Waals surface area contributed by atoms with E-state index in [4.69, 9.17) is 0 Å². The number of H-pyrrole nitrogens is 1. The van der Waals surface area contributed by atoms with Gasteiger partial charge in [-0.1, -0.05) is 18.2 Å². The maximum atomic E-state index is 12.7. The average molecular weight is 318 g/mol. The molecular formula is C18H14N4O2. The zero-order valence-corrected chi connectivity index (χ0v) is 12.9. The van der Waals surface area contributed by atoms with E-state index in [1.807, 2.05) is 23.1 Å². The molecule has 118 valence electrons. The van der Waals surface area contributed by atoms with E-state index in [9.17, 15) is 9.59 Å². The zero-order chi connectivity index (χ0) is 16.3. The molecule has 5 rings (SSSR count). The van der Waals surface area contributed by atoms with Gasteiger partial charge in [-0.05, 0) is 30.0 Å². The van der Waals surface area contributed by atoms with Gasteiger partial charge >= 0.3 is 0 Å². The molecule has 6 heteroatoms. The maximum absolute atomic E-state index is 12.7. The summed E-state index contributed by atoms with van der Waals surface area (Å²) in [5.41, 5.74) is 3.84. The fourth-order valence-electron chi connectivity index (χ4n) is 3.71. The highest BCUT2D eigenvalue weighted by Gasteiger charge is 2.26. The molecule has 0 saturated carbocycles. The van der Waals surface area contributed by atoms with Crippen LogP contribution in [0, 0.1) is 0 Å². The van der Waals surface area contributed by atoms with Gasteiger partial charge in [0, 0.05) is 30.4 Å². The second-order valence-electron chi connectivity index (χ2n) is 6.19. The van der Waals surface area contributed by atoms with Crippen LogP contribution in [0.1, 0.15) is 27.9 Å². The molecule has 0 bridgehead atoms. The van der Waals surface area contributed by atoms with Crippen LogP contribution in [0.25, 0.3) is 11.0 Å². The topological polar surface area (TPSA) is 79.0 Å². The van der Waals surface area contributed by atoms with Gasteiger partial charge in [-0.2, -0.15) is 4.98 Å². The van der Waals surface area contributed by atoms with Gasteiger partial charge in [-0.15, -0.1) is 0 Å². The molecule has 3 heterocycles. The third-order valence-corrected chi connectivity index (χ3v) is 4.88. The number of carbonyl (C=O) groups excluding carboxylic acids is 1. The van der Waals surface area contributed by atoms with Gasteiger partial charge in [0.05, 0.1) is 5.39 Å². The fourth-order valence-corrected chi connectivity index (χ4v) is 3.71. The summed E-state index contributed by atoms with van der Waals surface area (Å²) in [5, 5.41) is 0.453. The summed E-state index contributed by atoms with van der Waals surface area (Å²) in [6.45, 7) is 0.775. The highest BCUT2D eigenvalue weighted by atomic mass is 16.1. The number of nitrogens with zero attached hydrogens (tertiary/aromatic N) is 3. The number of aryl methyl sites for hydroxylation is 1. The minimum absolute atomic E-state index is 0.0522. The number of fused-ring (bicyclic) bond motifs is 4. The molecule has 0 radical (unpaired) electrons. The van der Waals surface area contributed by atoms with Crippen LogP contribution in [0.15, 0.2) is 35.3 Å². The Kier molecular flexibility index (Phi) is 2.65. The molecular weight excluding hydrogens is 304 g/mol. The van der Waals surface area contributed by atoms with Crippen molar-refractivity contribution >= 4 is 28.5 Å². The molecule has 0 amide bonds. The van der Waals surface area contributed by atoms with Crippen molar-refractivity contribution < 1.29 is 4.79 Å². The number of pyridine rings is 1. The summed E-state index contributed by atoms with van der Waals surface area (Å²) < 4.78 is 0. The zero-order valence-electron chi connectivity index (χ0n) is 12.9. The molecule has 1 aliphatic carbocycles. The number of aromatic nitrogens is 3. The molecule has 0 fully saturated rings. The van der Waals surface area contributed by atoms with E-state index in [0.29, 0.717) is 35.4 Å². The molecule has 1 aliphatic heterocycles. The summed E-state index contributed by atoms with van der Waals surface area (Å²) in [6, 6.07) is 8.11. The molecule has 0 saturated heterocycles. The molecule has 0 spiro atoms. The Morgan fingerprint density at radius 2 is 1.96 bits per heavy atom. The maximum Gasteiger partial charge on any atom is 0.262 e. The van der Waals surface area contributed by atoms with Crippen molar-refractivity contribution in [3.63, 3.8) is 0 Å². The first-order valence-corrected chi connectivity index (χ1v) is 8.03. The number of aromatic amines is 1. The summed E-state index contributed by atoms with van der Waals surface area (Å²) in [7, 11) is 0. The molecule has 0 unspecified atom stereocenters. The Balaban J connectivity index is 1.71. The van der Waals surface area contributed by atoms with Crippen LogP contribution in [0.4, 0.5) is 11.6 Å². The number of para-hydroxylation sites is 1. The first kappa shape index (κ1) is 13.4. The van der Waals surface area contributed by atoms with Gasteiger partial charge in [0.2, 0.25) is 5.95 Å². The minimum atomic E-state index is -0.224. The number of ketones is 1. The van der Waals surface area contributed by atoms with Gasteiger partial charge in [-0.25, -0.2) is 4.98 Å². The highest BCUT2D eigenvalue weighted by Crippen LogP contribution is 2.33. The third-order valence-electron chi connectivity index (χ3n) is 4.88. The van der Waals surface area contributed by atoms with Crippen molar-refractivity contribution in [1.82, 2.24) is 15.0 Å². The molecule has 24 heavy (non-hydrogen) atoms. The molecule has 0 atom stereocenters. The van der Waals surface area contributed by atoms with E-state index >= 15 is 0 Å². The van der Waals surface area contributed by atoms with E-state index in [1.165, 1.54) is 5.56 Å². The van der Waals surface area contributed by atoms with Gasteiger partial charge in [0.25, 0.3) is 5.56 Å². The Bertz CT molecular complexity index is 1070. The van der Waals surface area contributed by atoms with Crippen molar-refractivity contribution in [2.75, 3.05) is 11.4 Å². The molecule has 1 N–H and O–H groups in total. The summed E-state index contributed by atoms with van der Waals surface area (Å²) >= 11 is 0. The van der Waals surface area contributed by atoms with Gasteiger partial charge < -0.3 is 4.90 Å². The second kappa shape index (κ2) is 4.74. The van der Waals surface area contributed by atoms with Crippen LogP contribution in [-0.4, -0.2) is 27.3 Å². The summed E-state index contributed by atoms with van der Waals surface area (Å²) in [5.74, 6) is 0.561. The lowest BCUT2D eigenvalue weighted by Crippen LogP contribution is -2.22. The van der Waals surface area contributed by atoms with Crippen molar-refractivity contribution in [3.8, 4) is 0 Å². The number of anilines is 2. The molecule has 2 aliphatic rings. The smallest absolute Gasteiger partial charge is 0.262 e. The number of rotatable bonds is 1. The monoisotopic (exact) mass is 318 g/mol. The molecule has 2 aromatic heterocycles. The Morgan fingerprint density at radius 3 is 2.88 bits per heavy atom. The first-order valence-electron chi connectivity index (χ1n) is 8.03. The third kappa shape index (κ3) is 1.76. The van der Waals surface area contributed by atoms with Crippen LogP contribution in [0.3, 0.4) is 0 Å². The van der Waals surface area contributed by atoms with E-state index in [-0.39, 0.29) is 11.3 Å². The lowest BCUT2D eigenvalue weighted by atomic mass is 10.1. The van der Waals surface area contributed by atoms with E-state index in [0.717, 1.165) is 24.2 Å². The Morgan fingerprint density at radius 1 is 1.08 bits per heavy atom. The van der Waals surface area contributed by atoms with Crippen molar-refractivity contribution in [3.05, 3.63) is 57.5 Å². The molecule has 3 aromatic rings. The molecule has 6 nitrogen and oxygen atoms in total. The lowest BCUT2D eigenvalue weighted by molar-refractivity contribution is 0.0994. The van der Waals surface area contributed by atoms with Crippen molar-refractivity contribution in [2.45, 2.75) is 19.3 Å². The molecule has 1 aromatic carbocycles. The Hall–Kier alpha value is -3.02. The van der Waals surface area contributed by atoms with Crippen LogP contribution in [0.2, 0.25) is 0 Å².